The van der Waals surface area contributed by atoms with E-state index in [1.54, 1.807) is 12.1 Å². The third-order valence-electron chi connectivity index (χ3n) is 3.11. The van der Waals surface area contributed by atoms with Crippen molar-refractivity contribution in [3.05, 3.63) is 29.8 Å². The fraction of sp³-hybridized carbons (Fsp3) is 0.600. The van der Waals surface area contributed by atoms with Crippen molar-refractivity contribution in [2.24, 2.45) is 5.41 Å². The molecule has 0 fully saturated rings. The summed E-state index contributed by atoms with van der Waals surface area (Å²) in [4.78, 5) is 0.403. The van der Waals surface area contributed by atoms with E-state index in [9.17, 15) is 8.42 Å². The second kappa shape index (κ2) is 6.27. The summed E-state index contributed by atoms with van der Waals surface area (Å²) in [6.07, 6.45) is 1.39. The van der Waals surface area contributed by atoms with Crippen LogP contribution in [0.3, 0.4) is 0 Å². The molecule has 1 rings (SSSR count). The van der Waals surface area contributed by atoms with Crippen LogP contribution in [0.15, 0.2) is 29.2 Å². The lowest BCUT2D eigenvalue weighted by Crippen LogP contribution is -2.22. The van der Waals surface area contributed by atoms with Crippen molar-refractivity contribution in [3.63, 3.8) is 0 Å². The molecule has 0 bridgehead atoms. The number of sulfone groups is 1. The van der Waals surface area contributed by atoms with Gasteiger partial charge in [-0.1, -0.05) is 39.8 Å². The molecule has 19 heavy (non-hydrogen) atoms. The normalized spacial score (nSPS) is 14.4. The first-order valence-corrected chi connectivity index (χ1v) is 8.71. The Morgan fingerprint density at radius 3 is 2.11 bits per heavy atom. The predicted molar refractivity (Wildman–Crippen MR) is 81.6 cm³/mol. The van der Waals surface area contributed by atoms with Crippen LogP contribution in [0.5, 0.6) is 0 Å². The van der Waals surface area contributed by atoms with Crippen LogP contribution in [0.2, 0.25) is 0 Å². The van der Waals surface area contributed by atoms with Gasteiger partial charge in [-0.3, -0.25) is 0 Å². The molecule has 1 unspecified atom stereocenters. The van der Waals surface area contributed by atoms with Crippen LogP contribution < -0.4 is 0 Å². The second-order valence-electron chi connectivity index (χ2n) is 6.00. The molecule has 0 heterocycles. The lowest BCUT2D eigenvalue weighted by Gasteiger charge is -2.25. The lowest BCUT2D eigenvalue weighted by molar-refractivity contribution is 0.386. The summed E-state index contributed by atoms with van der Waals surface area (Å²) in [5, 5.41) is 0.0330. The van der Waals surface area contributed by atoms with E-state index >= 15 is 0 Å². The maximum Gasteiger partial charge on any atom is 0.178 e. The van der Waals surface area contributed by atoms with E-state index in [-0.39, 0.29) is 16.5 Å². The minimum Gasteiger partial charge on any atom is -0.224 e. The Balaban J connectivity index is 2.83. The SMILES string of the molecule is CCCS(=O)(=O)c1ccc(CC(Cl)C(C)(C)C)cc1. The topological polar surface area (TPSA) is 34.1 Å². The number of hydrogen-bond donors (Lipinski definition) is 0. The van der Waals surface area contributed by atoms with Crippen molar-refractivity contribution >= 4 is 21.4 Å². The molecule has 1 aromatic carbocycles. The Bertz CT molecular complexity index is 498. The van der Waals surface area contributed by atoms with Gasteiger partial charge in [-0.25, -0.2) is 8.42 Å². The predicted octanol–water partition coefficient (Wildman–Crippen LogP) is 4.07. The first kappa shape index (κ1) is 16.5. The standard InChI is InChI=1S/C15H23ClO2S/c1-5-10-19(17,18)13-8-6-12(7-9-13)11-14(16)15(2,3)4/h6-9,14H,5,10-11H2,1-4H3. The fourth-order valence-corrected chi connectivity index (χ4v) is 3.23. The average Bonchev–Trinajstić information content (AvgIpc) is 2.28. The Hall–Kier alpha value is -0.540. The van der Waals surface area contributed by atoms with Crippen molar-refractivity contribution < 1.29 is 8.42 Å². The van der Waals surface area contributed by atoms with E-state index in [1.165, 1.54) is 0 Å². The Labute approximate surface area is 122 Å². The molecule has 0 saturated heterocycles. The highest BCUT2D eigenvalue weighted by molar-refractivity contribution is 7.91. The maximum absolute atomic E-state index is 11.9. The van der Waals surface area contributed by atoms with Crippen molar-refractivity contribution in [1.82, 2.24) is 0 Å². The smallest absolute Gasteiger partial charge is 0.178 e. The van der Waals surface area contributed by atoms with Gasteiger partial charge in [0.15, 0.2) is 9.84 Å². The van der Waals surface area contributed by atoms with E-state index in [0.717, 1.165) is 12.0 Å². The largest absolute Gasteiger partial charge is 0.224 e. The van der Waals surface area contributed by atoms with Crippen LogP contribution in [0, 0.1) is 5.41 Å². The van der Waals surface area contributed by atoms with E-state index < -0.39 is 9.84 Å². The molecule has 108 valence electrons. The van der Waals surface area contributed by atoms with Crippen molar-refractivity contribution in [2.75, 3.05) is 5.75 Å². The van der Waals surface area contributed by atoms with Crippen LogP contribution in [-0.4, -0.2) is 19.5 Å². The van der Waals surface area contributed by atoms with Crippen molar-refractivity contribution in [2.45, 2.75) is 50.8 Å². The molecule has 0 aromatic heterocycles. The molecule has 0 N–H and O–H groups in total. The van der Waals surface area contributed by atoms with Crippen molar-refractivity contribution in [1.29, 1.82) is 0 Å². The number of halogens is 1. The zero-order chi connectivity index (χ0) is 14.7. The molecular weight excluding hydrogens is 280 g/mol. The van der Waals surface area contributed by atoms with Gasteiger partial charge >= 0.3 is 0 Å². The summed E-state index contributed by atoms with van der Waals surface area (Å²) >= 11 is 6.35. The summed E-state index contributed by atoms with van der Waals surface area (Å²) in [7, 11) is -3.12. The fourth-order valence-electron chi connectivity index (χ4n) is 1.73. The molecule has 0 spiro atoms. The maximum atomic E-state index is 11.9. The molecule has 1 atom stereocenters. The number of benzene rings is 1. The third kappa shape index (κ3) is 4.81. The summed E-state index contributed by atoms with van der Waals surface area (Å²) < 4.78 is 23.8. The Kier molecular flexibility index (Phi) is 5.45. The van der Waals surface area contributed by atoms with Gasteiger partial charge in [0.05, 0.1) is 10.6 Å². The molecule has 0 aliphatic rings. The van der Waals surface area contributed by atoms with Gasteiger partial charge in [0, 0.05) is 5.38 Å². The average molecular weight is 303 g/mol. The number of rotatable bonds is 5. The minimum absolute atomic E-state index is 0.0330. The van der Waals surface area contributed by atoms with Gasteiger partial charge in [-0.15, -0.1) is 11.6 Å². The molecule has 2 nitrogen and oxygen atoms in total. The Morgan fingerprint density at radius 1 is 1.16 bits per heavy atom. The zero-order valence-electron chi connectivity index (χ0n) is 12.1. The van der Waals surface area contributed by atoms with Gasteiger partial charge in [0.25, 0.3) is 0 Å². The molecule has 1 aromatic rings. The van der Waals surface area contributed by atoms with Gasteiger partial charge in [-0.05, 0) is 36.0 Å². The number of hydrogen-bond acceptors (Lipinski definition) is 2. The van der Waals surface area contributed by atoms with Crippen LogP contribution >= 0.6 is 11.6 Å². The first-order valence-electron chi connectivity index (χ1n) is 6.62. The molecular formula is C15H23ClO2S. The van der Waals surface area contributed by atoms with Crippen molar-refractivity contribution in [3.8, 4) is 0 Å². The summed E-state index contributed by atoms with van der Waals surface area (Å²) in [5.41, 5.74) is 1.11. The lowest BCUT2D eigenvalue weighted by atomic mass is 9.88. The quantitative estimate of drug-likeness (QED) is 0.768. The zero-order valence-corrected chi connectivity index (χ0v) is 13.7. The molecule has 0 amide bonds. The molecule has 0 aliphatic carbocycles. The monoisotopic (exact) mass is 302 g/mol. The van der Waals surface area contributed by atoms with E-state index in [4.69, 9.17) is 11.6 Å². The summed E-state index contributed by atoms with van der Waals surface area (Å²) in [5.74, 6) is 0.201. The summed E-state index contributed by atoms with van der Waals surface area (Å²) in [6, 6.07) is 7.10. The summed E-state index contributed by atoms with van der Waals surface area (Å²) in [6.45, 7) is 8.17. The molecule has 0 radical (unpaired) electrons. The second-order valence-corrected chi connectivity index (χ2v) is 8.64. The van der Waals surface area contributed by atoms with E-state index in [1.807, 2.05) is 19.1 Å². The van der Waals surface area contributed by atoms with Gasteiger partial charge in [0.2, 0.25) is 0 Å². The van der Waals surface area contributed by atoms with Crippen LogP contribution in [0.25, 0.3) is 0 Å². The number of alkyl halides is 1. The van der Waals surface area contributed by atoms with Gasteiger partial charge in [-0.2, -0.15) is 0 Å². The highest BCUT2D eigenvalue weighted by Crippen LogP contribution is 2.27. The van der Waals surface area contributed by atoms with Gasteiger partial charge in [0.1, 0.15) is 0 Å². The molecule has 0 aliphatic heterocycles. The third-order valence-corrected chi connectivity index (χ3v) is 5.85. The van der Waals surface area contributed by atoms with Crippen LogP contribution in [0.4, 0.5) is 0 Å². The Morgan fingerprint density at radius 2 is 1.68 bits per heavy atom. The van der Waals surface area contributed by atoms with E-state index in [0.29, 0.717) is 11.3 Å². The highest BCUT2D eigenvalue weighted by atomic mass is 35.5. The highest BCUT2D eigenvalue weighted by Gasteiger charge is 2.22. The van der Waals surface area contributed by atoms with Crippen LogP contribution in [0.1, 0.15) is 39.7 Å². The molecule has 4 heteroatoms. The van der Waals surface area contributed by atoms with Gasteiger partial charge < -0.3 is 0 Å². The van der Waals surface area contributed by atoms with Crippen LogP contribution in [-0.2, 0) is 16.3 Å². The minimum atomic E-state index is -3.12. The molecule has 0 saturated carbocycles. The van der Waals surface area contributed by atoms with E-state index in [2.05, 4.69) is 20.8 Å². The first-order chi connectivity index (χ1) is 8.66.